The van der Waals surface area contributed by atoms with Gasteiger partial charge in [0, 0.05) is 5.02 Å². The quantitative estimate of drug-likeness (QED) is 0.748. The maximum atomic E-state index is 12.9. The molecule has 3 rings (SSSR count). The lowest BCUT2D eigenvalue weighted by Crippen LogP contribution is -2.48. The zero-order valence-corrected chi connectivity index (χ0v) is 18.0. The molecule has 29 heavy (non-hydrogen) atoms. The number of halogens is 1. The molecule has 1 aliphatic heterocycles. The minimum atomic E-state index is -3.71. The van der Waals surface area contributed by atoms with Gasteiger partial charge >= 0.3 is 0 Å². The highest BCUT2D eigenvalue weighted by atomic mass is 35.5. The fourth-order valence-electron chi connectivity index (χ4n) is 3.17. The molecule has 0 fully saturated rings. The number of anilines is 1. The topological polar surface area (TPSA) is 84.9 Å². The predicted molar refractivity (Wildman–Crippen MR) is 112 cm³/mol. The number of carbonyl (C=O) groups excluding carboxylic acids is 1. The van der Waals surface area contributed by atoms with Crippen LogP contribution in [0, 0.1) is 0 Å². The van der Waals surface area contributed by atoms with Crippen LogP contribution < -0.4 is 19.1 Å². The Kier molecular flexibility index (Phi) is 6.24. The Balaban J connectivity index is 1.79. The molecule has 1 N–H and O–H groups in total. The van der Waals surface area contributed by atoms with Gasteiger partial charge in [-0.1, -0.05) is 23.7 Å². The first kappa shape index (κ1) is 21.3. The van der Waals surface area contributed by atoms with Crippen LogP contribution in [0.15, 0.2) is 42.5 Å². The minimum Gasteiger partial charge on any atom is -0.486 e. The lowest BCUT2D eigenvalue weighted by atomic mass is 10.1. The summed E-state index contributed by atoms with van der Waals surface area (Å²) in [7, 11) is -3.71. The van der Waals surface area contributed by atoms with E-state index in [1.807, 2.05) is 19.1 Å². The maximum Gasteiger partial charge on any atom is 0.244 e. The summed E-state index contributed by atoms with van der Waals surface area (Å²) >= 11 is 6.00. The van der Waals surface area contributed by atoms with Crippen molar-refractivity contribution in [3.05, 3.63) is 53.1 Å². The smallest absolute Gasteiger partial charge is 0.244 e. The number of hydrogen-bond acceptors (Lipinski definition) is 5. The van der Waals surface area contributed by atoms with Crippen LogP contribution in [0.2, 0.25) is 5.02 Å². The summed E-state index contributed by atoms with van der Waals surface area (Å²) in [5.74, 6) is 0.855. The van der Waals surface area contributed by atoms with Crippen molar-refractivity contribution in [3.8, 4) is 11.5 Å². The fourth-order valence-corrected chi connectivity index (χ4v) is 4.52. The number of amides is 1. The van der Waals surface area contributed by atoms with Crippen molar-refractivity contribution >= 4 is 33.2 Å². The molecule has 7 nitrogen and oxygen atoms in total. The van der Waals surface area contributed by atoms with Gasteiger partial charge in [-0.25, -0.2) is 8.42 Å². The van der Waals surface area contributed by atoms with Gasteiger partial charge in [-0.2, -0.15) is 0 Å². The number of carbonyl (C=O) groups is 1. The van der Waals surface area contributed by atoms with Crippen LogP contribution in [0.3, 0.4) is 0 Å². The first-order chi connectivity index (χ1) is 13.7. The van der Waals surface area contributed by atoms with Gasteiger partial charge < -0.3 is 14.8 Å². The summed E-state index contributed by atoms with van der Waals surface area (Å²) in [5, 5.41) is 3.25. The molecule has 0 saturated heterocycles. The van der Waals surface area contributed by atoms with Gasteiger partial charge in [0.1, 0.15) is 19.3 Å². The van der Waals surface area contributed by atoms with Crippen LogP contribution >= 0.6 is 11.6 Å². The zero-order chi connectivity index (χ0) is 21.2. The van der Waals surface area contributed by atoms with Crippen molar-refractivity contribution in [2.45, 2.75) is 25.9 Å². The Labute approximate surface area is 175 Å². The molecule has 1 amide bonds. The first-order valence-corrected chi connectivity index (χ1v) is 11.3. The lowest BCUT2D eigenvalue weighted by molar-refractivity contribution is -0.122. The second kappa shape index (κ2) is 8.51. The van der Waals surface area contributed by atoms with E-state index in [1.54, 1.807) is 24.3 Å². The molecule has 0 spiro atoms. The third-order valence-corrected chi connectivity index (χ3v) is 6.05. The van der Waals surface area contributed by atoms with Crippen LogP contribution in [0.4, 0.5) is 5.69 Å². The monoisotopic (exact) mass is 438 g/mol. The molecule has 0 unspecified atom stereocenters. The summed E-state index contributed by atoms with van der Waals surface area (Å²) in [6, 6.07) is 10.5. The predicted octanol–water partition coefficient (Wildman–Crippen LogP) is 3.14. The van der Waals surface area contributed by atoms with Crippen molar-refractivity contribution in [1.29, 1.82) is 0 Å². The van der Waals surface area contributed by atoms with Crippen molar-refractivity contribution < 1.29 is 22.7 Å². The Morgan fingerprint density at radius 2 is 1.79 bits per heavy atom. The lowest BCUT2D eigenvalue weighted by Gasteiger charge is -2.29. The number of nitrogens with zero attached hydrogens (tertiary/aromatic N) is 1. The van der Waals surface area contributed by atoms with E-state index in [9.17, 15) is 13.2 Å². The number of sulfonamides is 1. The molecule has 2 atom stereocenters. The number of fused-ring (bicyclic) bond motifs is 1. The minimum absolute atomic E-state index is 0.328. The van der Waals surface area contributed by atoms with Crippen LogP contribution in [-0.4, -0.2) is 39.8 Å². The standard InChI is InChI=1S/C20H23ClN2O5S/c1-13(15-7-8-18-19(11-15)28-10-9-27-18)22-20(24)14(2)23(29(3,25)26)17-6-4-5-16(21)12-17/h4-8,11-14H,9-10H2,1-3H3,(H,22,24)/t13-,14+/m0/s1. The number of benzene rings is 2. The van der Waals surface area contributed by atoms with E-state index in [1.165, 1.54) is 13.0 Å². The summed E-state index contributed by atoms with van der Waals surface area (Å²) in [6.07, 6.45) is 1.06. The molecule has 0 radical (unpaired) electrons. The SMILES string of the molecule is C[C@H](NC(=O)[C@@H](C)N(c1cccc(Cl)c1)S(C)(=O)=O)c1ccc2c(c1)OCCO2. The molecular formula is C20H23ClN2O5S. The van der Waals surface area contributed by atoms with Crippen molar-refractivity contribution in [1.82, 2.24) is 5.32 Å². The molecule has 9 heteroatoms. The van der Waals surface area contributed by atoms with Gasteiger partial charge in [-0.05, 0) is 49.7 Å². The Hall–Kier alpha value is -2.45. The largest absolute Gasteiger partial charge is 0.486 e. The third kappa shape index (κ3) is 4.94. The van der Waals surface area contributed by atoms with Crippen molar-refractivity contribution in [2.75, 3.05) is 23.8 Å². The first-order valence-electron chi connectivity index (χ1n) is 9.11. The van der Waals surface area contributed by atoms with Crippen LogP contribution in [0.5, 0.6) is 11.5 Å². The van der Waals surface area contributed by atoms with E-state index in [-0.39, 0.29) is 6.04 Å². The van der Waals surface area contributed by atoms with Crippen LogP contribution in [0.1, 0.15) is 25.5 Å². The normalized spacial score (nSPS) is 15.3. The third-order valence-electron chi connectivity index (χ3n) is 4.58. The summed E-state index contributed by atoms with van der Waals surface area (Å²) < 4.78 is 36.9. The van der Waals surface area contributed by atoms with Crippen LogP contribution in [0.25, 0.3) is 0 Å². The summed E-state index contributed by atoms with van der Waals surface area (Å²) in [6.45, 7) is 4.33. The maximum absolute atomic E-state index is 12.9. The highest BCUT2D eigenvalue weighted by Crippen LogP contribution is 2.32. The summed E-state index contributed by atoms with van der Waals surface area (Å²) in [4.78, 5) is 12.9. The number of rotatable bonds is 6. The van der Waals surface area contributed by atoms with Crippen molar-refractivity contribution in [3.63, 3.8) is 0 Å². The van der Waals surface area contributed by atoms with Gasteiger partial charge in [-0.15, -0.1) is 0 Å². The van der Waals surface area contributed by atoms with E-state index < -0.39 is 22.0 Å². The highest BCUT2D eigenvalue weighted by molar-refractivity contribution is 7.92. The number of nitrogens with one attached hydrogen (secondary N) is 1. The molecule has 0 aromatic heterocycles. The van der Waals surface area contributed by atoms with Gasteiger partial charge in [0.05, 0.1) is 18.0 Å². The second-order valence-electron chi connectivity index (χ2n) is 6.85. The molecule has 1 aliphatic rings. The molecule has 2 aromatic rings. The second-order valence-corrected chi connectivity index (χ2v) is 9.14. The van der Waals surface area contributed by atoms with E-state index in [0.717, 1.165) is 16.1 Å². The van der Waals surface area contributed by atoms with Gasteiger partial charge in [0.25, 0.3) is 0 Å². The Morgan fingerprint density at radius 3 is 2.45 bits per heavy atom. The Morgan fingerprint density at radius 1 is 1.10 bits per heavy atom. The highest BCUT2D eigenvalue weighted by Gasteiger charge is 2.30. The molecule has 0 aliphatic carbocycles. The van der Waals surface area contributed by atoms with Gasteiger partial charge in [0.15, 0.2) is 11.5 Å². The average molecular weight is 439 g/mol. The average Bonchev–Trinajstić information content (AvgIpc) is 2.66. The van der Waals surface area contributed by atoms with Crippen molar-refractivity contribution in [2.24, 2.45) is 0 Å². The fraction of sp³-hybridized carbons (Fsp3) is 0.350. The van der Waals surface area contributed by atoms with E-state index in [4.69, 9.17) is 21.1 Å². The van der Waals surface area contributed by atoms with Crippen LogP contribution in [-0.2, 0) is 14.8 Å². The summed E-state index contributed by atoms with van der Waals surface area (Å²) in [5.41, 5.74) is 1.15. The molecular weight excluding hydrogens is 416 g/mol. The molecule has 1 heterocycles. The molecule has 0 bridgehead atoms. The molecule has 2 aromatic carbocycles. The van der Waals surface area contributed by atoms with Gasteiger partial charge in [-0.3, -0.25) is 9.10 Å². The molecule has 156 valence electrons. The van der Waals surface area contributed by atoms with E-state index in [2.05, 4.69) is 5.32 Å². The van der Waals surface area contributed by atoms with E-state index in [0.29, 0.717) is 35.4 Å². The Bertz CT molecular complexity index is 1010. The van der Waals surface area contributed by atoms with E-state index >= 15 is 0 Å². The zero-order valence-electron chi connectivity index (χ0n) is 16.4. The van der Waals surface area contributed by atoms with Gasteiger partial charge in [0.2, 0.25) is 15.9 Å². The number of hydrogen-bond donors (Lipinski definition) is 1. The molecule has 0 saturated carbocycles. The number of ether oxygens (including phenoxy) is 2.